The van der Waals surface area contributed by atoms with Crippen molar-refractivity contribution < 1.29 is 9.47 Å². The lowest BCUT2D eigenvalue weighted by Gasteiger charge is -2.17. The Hall–Kier alpha value is -0.540. The summed E-state index contributed by atoms with van der Waals surface area (Å²) in [5, 5.41) is 0.820. The quantitative estimate of drug-likeness (QED) is 0.743. The number of methoxy groups -OCH3 is 1. The molecule has 16 heavy (non-hydrogen) atoms. The molecule has 3 heteroatoms. The van der Waals surface area contributed by atoms with E-state index >= 15 is 0 Å². The summed E-state index contributed by atoms with van der Waals surface area (Å²) in [5.74, 6) is 0.964. The van der Waals surface area contributed by atoms with Crippen molar-refractivity contribution in [3.05, 3.63) is 29.3 Å². The Morgan fingerprint density at radius 1 is 1.38 bits per heavy atom. The molecule has 0 fully saturated rings. The van der Waals surface area contributed by atoms with Gasteiger partial charge in [-0.25, -0.2) is 0 Å². The molecule has 1 rings (SSSR count). The Kier molecular flexibility index (Phi) is 5.85. The number of hydrogen-bond acceptors (Lipinski definition) is 2. The van der Waals surface area contributed by atoms with Crippen LogP contribution in [-0.4, -0.2) is 19.8 Å². The van der Waals surface area contributed by atoms with Gasteiger partial charge in [0.05, 0.1) is 6.10 Å². The van der Waals surface area contributed by atoms with Crippen molar-refractivity contribution in [2.24, 2.45) is 0 Å². The van der Waals surface area contributed by atoms with Crippen LogP contribution in [-0.2, 0) is 10.1 Å². The van der Waals surface area contributed by atoms with Crippen molar-refractivity contribution in [3.8, 4) is 5.75 Å². The molecular formula is C13H19BrO2. The van der Waals surface area contributed by atoms with Gasteiger partial charge in [0.25, 0.3) is 0 Å². The van der Waals surface area contributed by atoms with Gasteiger partial charge in [0.1, 0.15) is 5.75 Å². The van der Waals surface area contributed by atoms with Crippen molar-refractivity contribution in [3.63, 3.8) is 0 Å². The number of aryl methyl sites for hydroxylation is 1. The van der Waals surface area contributed by atoms with Crippen LogP contribution < -0.4 is 4.74 Å². The molecule has 1 unspecified atom stereocenters. The Labute approximate surface area is 106 Å². The minimum Gasteiger partial charge on any atom is -0.490 e. The Morgan fingerprint density at radius 3 is 2.75 bits per heavy atom. The SMILES string of the molecule is COCCC(C)Oc1ccc(C)cc1CBr. The lowest BCUT2D eigenvalue weighted by atomic mass is 10.1. The first kappa shape index (κ1) is 13.5. The van der Waals surface area contributed by atoms with Crippen LogP contribution in [0.4, 0.5) is 0 Å². The van der Waals surface area contributed by atoms with Crippen LogP contribution in [0.5, 0.6) is 5.75 Å². The average molecular weight is 287 g/mol. The molecule has 1 atom stereocenters. The van der Waals surface area contributed by atoms with Gasteiger partial charge in [-0.3, -0.25) is 0 Å². The molecular weight excluding hydrogens is 268 g/mol. The highest BCUT2D eigenvalue weighted by atomic mass is 79.9. The molecule has 0 spiro atoms. The van der Waals surface area contributed by atoms with Gasteiger partial charge in [-0.15, -0.1) is 0 Å². The zero-order valence-corrected chi connectivity index (χ0v) is 11.7. The Morgan fingerprint density at radius 2 is 2.12 bits per heavy atom. The van der Waals surface area contributed by atoms with Crippen LogP contribution in [0.25, 0.3) is 0 Å². The van der Waals surface area contributed by atoms with E-state index in [1.54, 1.807) is 7.11 Å². The summed E-state index contributed by atoms with van der Waals surface area (Å²) in [4.78, 5) is 0. The third kappa shape index (κ3) is 4.14. The summed E-state index contributed by atoms with van der Waals surface area (Å²) in [5.41, 5.74) is 2.45. The van der Waals surface area contributed by atoms with E-state index in [9.17, 15) is 0 Å². The van der Waals surface area contributed by atoms with Crippen molar-refractivity contribution in [1.82, 2.24) is 0 Å². The molecule has 0 aliphatic carbocycles. The molecule has 0 bridgehead atoms. The second-order valence-electron chi connectivity index (χ2n) is 3.95. The van der Waals surface area contributed by atoms with Crippen molar-refractivity contribution in [2.45, 2.75) is 31.7 Å². The molecule has 0 aliphatic rings. The van der Waals surface area contributed by atoms with Crippen LogP contribution >= 0.6 is 15.9 Å². The molecule has 0 N–H and O–H groups in total. The van der Waals surface area contributed by atoms with Gasteiger partial charge in [-0.05, 0) is 19.9 Å². The van der Waals surface area contributed by atoms with Crippen LogP contribution in [0.15, 0.2) is 18.2 Å². The summed E-state index contributed by atoms with van der Waals surface area (Å²) in [6.07, 6.45) is 1.09. The molecule has 0 aromatic heterocycles. The van der Waals surface area contributed by atoms with Crippen LogP contribution in [0.1, 0.15) is 24.5 Å². The van der Waals surface area contributed by atoms with E-state index < -0.39 is 0 Å². The third-order valence-corrected chi connectivity index (χ3v) is 3.02. The zero-order chi connectivity index (χ0) is 12.0. The number of alkyl halides is 1. The summed E-state index contributed by atoms with van der Waals surface area (Å²) in [6, 6.07) is 6.26. The largest absolute Gasteiger partial charge is 0.490 e. The maximum absolute atomic E-state index is 5.88. The maximum Gasteiger partial charge on any atom is 0.123 e. The second kappa shape index (κ2) is 6.92. The first-order valence-corrected chi connectivity index (χ1v) is 6.60. The lowest BCUT2D eigenvalue weighted by Crippen LogP contribution is -2.15. The average Bonchev–Trinajstić information content (AvgIpc) is 2.28. The first-order chi connectivity index (χ1) is 7.67. The van der Waals surface area contributed by atoms with Gasteiger partial charge in [-0.2, -0.15) is 0 Å². The molecule has 0 saturated carbocycles. The highest BCUT2D eigenvalue weighted by Gasteiger charge is 2.07. The molecule has 0 radical (unpaired) electrons. The number of benzene rings is 1. The van der Waals surface area contributed by atoms with Gasteiger partial charge >= 0.3 is 0 Å². The zero-order valence-electron chi connectivity index (χ0n) is 10.1. The van der Waals surface area contributed by atoms with Crippen LogP contribution in [0.3, 0.4) is 0 Å². The predicted molar refractivity (Wildman–Crippen MR) is 70.4 cm³/mol. The number of ether oxygens (including phenoxy) is 2. The number of rotatable bonds is 6. The summed E-state index contributed by atoms with van der Waals surface area (Å²) < 4.78 is 10.9. The van der Waals surface area contributed by atoms with Gasteiger partial charge in [0, 0.05) is 31.0 Å². The number of halogens is 1. The molecule has 90 valence electrons. The van der Waals surface area contributed by atoms with E-state index in [1.165, 1.54) is 11.1 Å². The first-order valence-electron chi connectivity index (χ1n) is 5.48. The standard InChI is InChI=1S/C13H19BrO2/c1-10-4-5-13(12(8-10)9-14)16-11(2)6-7-15-3/h4-5,8,11H,6-7,9H2,1-3H3. The lowest BCUT2D eigenvalue weighted by molar-refractivity contribution is 0.134. The highest BCUT2D eigenvalue weighted by Crippen LogP contribution is 2.24. The van der Waals surface area contributed by atoms with E-state index in [0.29, 0.717) is 0 Å². The molecule has 0 aliphatic heterocycles. The van der Waals surface area contributed by atoms with E-state index in [0.717, 1.165) is 24.1 Å². The Balaban J connectivity index is 2.65. The fourth-order valence-electron chi connectivity index (χ4n) is 1.49. The highest BCUT2D eigenvalue weighted by molar-refractivity contribution is 9.08. The molecule has 0 saturated heterocycles. The van der Waals surface area contributed by atoms with E-state index in [1.807, 2.05) is 6.07 Å². The van der Waals surface area contributed by atoms with Gasteiger partial charge in [0.2, 0.25) is 0 Å². The smallest absolute Gasteiger partial charge is 0.123 e. The van der Waals surface area contributed by atoms with Crippen molar-refractivity contribution >= 4 is 15.9 Å². The van der Waals surface area contributed by atoms with Gasteiger partial charge in [-0.1, -0.05) is 33.6 Å². The summed E-state index contributed by atoms with van der Waals surface area (Å²) in [7, 11) is 1.71. The fraction of sp³-hybridized carbons (Fsp3) is 0.538. The molecule has 0 heterocycles. The topological polar surface area (TPSA) is 18.5 Å². The minimum atomic E-state index is 0.181. The third-order valence-electron chi connectivity index (χ3n) is 2.42. The van der Waals surface area contributed by atoms with Crippen molar-refractivity contribution in [2.75, 3.05) is 13.7 Å². The predicted octanol–water partition coefficient (Wildman–Crippen LogP) is 3.69. The maximum atomic E-state index is 5.88. The minimum absolute atomic E-state index is 0.181. The Bertz CT molecular complexity index is 326. The molecule has 1 aromatic carbocycles. The fourth-order valence-corrected chi connectivity index (χ4v) is 1.93. The summed E-state index contributed by atoms with van der Waals surface area (Å²) >= 11 is 3.48. The normalized spacial score (nSPS) is 12.5. The van der Waals surface area contributed by atoms with Crippen LogP contribution in [0.2, 0.25) is 0 Å². The van der Waals surface area contributed by atoms with Gasteiger partial charge < -0.3 is 9.47 Å². The number of hydrogen-bond donors (Lipinski definition) is 0. The second-order valence-corrected chi connectivity index (χ2v) is 4.52. The monoisotopic (exact) mass is 286 g/mol. The molecule has 1 aromatic rings. The molecule has 0 amide bonds. The summed E-state index contributed by atoms with van der Waals surface area (Å²) in [6.45, 7) is 4.89. The van der Waals surface area contributed by atoms with E-state index in [2.05, 4.69) is 41.9 Å². The van der Waals surface area contributed by atoms with Gasteiger partial charge in [0.15, 0.2) is 0 Å². The van der Waals surface area contributed by atoms with E-state index in [4.69, 9.17) is 9.47 Å². The van der Waals surface area contributed by atoms with E-state index in [-0.39, 0.29) is 6.10 Å². The van der Waals surface area contributed by atoms with Crippen LogP contribution in [0, 0.1) is 6.92 Å². The van der Waals surface area contributed by atoms with Crippen molar-refractivity contribution in [1.29, 1.82) is 0 Å². The molecule has 2 nitrogen and oxygen atoms in total.